The van der Waals surface area contributed by atoms with Crippen molar-refractivity contribution in [3.8, 4) is 0 Å². The largest absolute Gasteiger partial charge is 0.397 e. The number of aromatic nitrogens is 2. The van der Waals surface area contributed by atoms with Gasteiger partial charge in [0.15, 0.2) is 0 Å². The Morgan fingerprint density at radius 3 is 2.95 bits per heavy atom. The molecule has 0 aliphatic heterocycles. The molecule has 1 heterocycles. The summed E-state index contributed by atoms with van der Waals surface area (Å²) in [4.78, 5) is 20.4. The first-order valence-corrected chi connectivity index (χ1v) is 6.03. The van der Waals surface area contributed by atoms with Gasteiger partial charge in [-0.2, -0.15) is 0 Å². The van der Waals surface area contributed by atoms with Crippen molar-refractivity contribution in [1.82, 2.24) is 9.97 Å². The number of hydrogen-bond donors (Lipinski definition) is 2. The van der Waals surface area contributed by atoms with Gasteiger partial charge in [-0.05, 0) is 19.1 Å². The number of hydrogen-bond acceptors (Lipinski definition) is 5. The number of rotatable bonds is 4. The highest BCUT2D eigenvalue weighted by atomic mass is 16.5. The molecule has 0 bridgehead atoms. The van der Waals surface area contributed by atoms with Gasteiger partial charge in [-0.15, -0.1) is 0 Å². The highest BCUT2D eigenvalue weighted by Gasteiger charge is 2.14. The number of nitrogens with two attached hydrogens (primary N) is 1. The molecule has 1 atom stereocenters. The highest BCUT2D eigenvalue weighted by Crippen LogP contribution is 2.27. The summed E-state index contributed by atoms with van der Waals surface area (Å²) in [6.07, 6.45) is 1.39. The fraction of sp³-hybridized carbons (Fsp3) is 0.385. The molecule has 1 aromatic carbocycles. The number of nitrogens with one attached hydrogen (secondary N) is 1. The summed E-state index contributed by atoms with van der Waals surface area (Å²) in [5.74, 6) is 0. The van der Waals surface area contributed by atoms with E-state index in [2.05, 4.69) is 9.97 Å². The van der Waals surface area contributed by atoms with Gasteiger partial charge < -0.3 is 20.4 Å². The molecule has 6 heteroatoms. The average molecular weight is 262 g/mol. The molecule has 0 amide bonds. The molecule has 6 nitrogen and oxygen atoms in total. The van der Waals surface area contributed by atoms with Crippen molar-refractivity contribution in [2.45, 2.75) is 13.0 Å². The van der Waals surface area contributed by atoms with E-state index in [0.717, 1.165) is 5.69 Å². The molecule has 2 aromatic rings. The van der Waals surface area contributed by atoms with Crippen LogP contribution in [-0.4, -0.2) is 36.8 Å². The zero-order valence-electron chi connectivity index (χ0n) is 11.3. The van der Waals surface area contributed by atoms with Crippen LogP contribution in [0, 0.1) is 0 Å². The number of H-pyrrole nitrogens is 1. The predicted molar refractivity (Wildman–Crippen MR) is 76.5 cm³/mol. The van der Waals surface area contributed by atoms with E-state index >= 15 is 0 Å². The summed E-state index contributed by atoms with van der Waals surface area (Å²) < 4.78 is 5.14. The van der Waals surface area contributed by atoms with Gasteiger partial charge in [0.25, 0.3) is 5.56 Å². The third kappa shape index (κ3) is 2.53. The Hall–Kier alpha value is -2.08. The zero-order chi connectivity index (χ0) is 14.0. The van der Waals surface area contributed by atoms with Crippen molar-refractivity contribution < 1.29 is 4.74 Å². The number of nitrogen functional groups attached to an aromatic ring is 1. The first-order chi connectivity index (χ1) is 9.04. The summed E-state index contributed by atoms with van der Waals surface area (Å²) in [5.41, 5.74) is 7.87. The number of aromatic amines is 1. The van der Waals surface area contributed by atoms with Crippen molar-refractivity contribution in [2.75, 3.05) is 31.4 Å². The molecular weight excluding hydrogens is 244 g/mol. The van der Waals surface area contributed by atoms with Gasteiger partial charge in [-0.1, -0.05) is 0 Å². The third-order valence-corrected chi connectivity index (χ3v) is 3.24. The van der Waals surface area contributed by atoms with Crippen LogP contribution in [0.2, 0.25) is 0 Å². The Balaban J connectivity index is 2.50. The molecule has 0 saturated carbocycles. The summed E-state index contributed by atoms with van der Waals surface area (Å²) >= 11 is 0. The molecule has 0 spiro atoms. The minimum Gasteiger partial charge on any atom is -0.397 e. The Morgan fingerprint density at radius 2 is 2.26 bits per heavy atom. The lowest BCUT2D eigenvalue weighted by Crippen LogP contribution is -2.33. The van der Waals surface area contributed by atoms with Gasteiger partial charge in [-0.3, -0.25) is 4.79 Å². The Labute approximate surface area is 111 Å². The molecule has 0 fully saturated rings. The Bertz CT molecular complexity index is 638. The first-order valence-electron chi connectivity index (χ1n) is 6.03. The molecule has 0 aliphatic rings. The van der Waals surface area contributed by atoms with Crippen LogP contribution in [0.3, 0.4) is 0 Å². The number of benzene rings is 1. The maximum Gasteiger partial charge on any atom is 0.258 e. The lowest BCUT2D eigenvalue weighted by atomic mass is 10.1. The van der Waals surface area contributed by atoms with Gasteiger partial charge in [0.1, 0.15) is 0 Å². The third-order valence-electron chi connectivity index (χ3n) is 3.24. The van der Waals surface area contributed by atoms with Gasteiger partial charge in [0, 0.05) is 20.2 Å². The van der Waals surface area contributed by atoms with Crippen LogP contribution in [0.4, 0.5) is 11.4 Å². The van der Waals surface area contributed by atoms with E-state index in [1.807, 2.05) is 24.9 Å². The van der Waals surface area contributed by atoms with E-state index < -0.39 is 0 Å². The van der Waals surface area contributed by atoms with E-state index in [-0.39, 0.29) is 11.6 Å². The quantitative estimate of drug-likeness (QED) is 0.802. The van der Waals surface area contributed by atoms with Crippen molar-refractivity contribution >= 4 is 22.3 Å². The van der Waals surface area contributed by atoms with Crippen molar-refractivity contribution in [2.24, 2.45) is 0 Å². The maximum atomic E-state index is 11.7. The molecule has 1 unspecified atom stereocenters. The van der Waals surface area contributed by atoms with Gasteiger partial charge in [-0.25, -0.2) is 4.98 Å². The van der Waals surface area contributed by atoms with Crippen LogP contribution in [0.25, 0.3) is 10.9 Å². The lowest BCUT2D eigenvalue weighted by Gasteiger charge is -2.27. The molecule has 1 aromatic heterocycles. The molecular formula is C13H18N4O2. The second-order valence-corrected chi connectivity index (χ2v) is 4.58. The van der Waals surface area contributed by atoms with Gasteiger partial charge >= 0.3 is 0 Å². The topological polar surface area (TPSA) is 84.2 Å². The lowest BCUT2D eigenvalue weighted by molar-refractivity contribution is 0.183. The predicted octanol–water partition coefficient (Wildman–Crippen LogP) is 0.976. The number of anilines is 2. The van der Waals surface area contributed by atoms with Crippen LogP contribution in [0.1, 0.15) is 6.92 Å². The van der Waals surface area contributed by atoms with Crippen molar-refractivity contribution in [1.29, 1.82) is 0 Å². The fourth-order valence-corrected chi connectivity index (χ4v) is 2.02. The second kappa shape index (κ2) is 5.27. The fourth-order valence-electron chi connectivity index (χ4n) is 2.02. The van der Waals surface area contributed by atoms with Crippen LogP contribution in [-0.2, 0) is 4.74 Å². The van der Waals surface area contributed by atoms with Crippen LogP contribution in [0.5, 0.6) is 0 Å². The number of ether oxygens (including phenoxy) is 1. The second-order valence-electron chi connectivity index (χ2n) is 4.58. The smallest absolute Gasteiger partial charge is 0.258 e. The summed E-state index contributed by atoms with van der Waals surface area (Å²) in [5, 5.41) is 0.497. The summed E-state index contributed by atoms with van der Waals surface area (Å²) in [6.45, 7) is 2.63. The molecule has 3 N–H and O–H groups in total. The molecule has 0 radical (unpaired) electrons. The highest BCUT2D eigenvalue weighted by molar-refractivity contribution is 5.88. The maximum absolute atomic E-state index is 11.7. The molecule has 0 saturated heterocycles. The van der Waals surface area contributed by atoms with Gasteiger partial charge in [0.2, 0.25) is 0 Å². The molecule has 19 heavy (non-hydrogen) atoms. The number of likely N-dealkylation sites (N-methyl/N-ethyl adjacent to an activating group) is 1. The minimum atomic E-state index is -0.184. The molecule has 2 rings (SSSR count). The average Bonchev–Trinajstić information content (AvgIpc) is 2.39. The standard InChI is InChI=1S/C13H18N4O2/c1-8(6-19-3)17(2)12-5-11-9(4-10(12)14)13(18)16-7-15-11/h4-5,7-8H,6,14H2,1-3H3,(H,15,16,18). The SMILES string of the molecule is COCC(C)N(C)c1cc2nc[nH]c(=O)c2cc1N. The summed E-state index contributed by atoms with van der Waals surface area (Å²) in [7, 11) is 3.60. The van der Waals surface area contributed by atoms with E-state index in [0.29, 0.717) is 23.2 Å². The molecule has 102 valence electrons. The normalized spacial score (nSPS) is 12.6. The van der Waals surface area contributed by atoms with E-state index in [1.165, 1.54) is 6.33 Å². The van der Waals surface area contributed by atoms with Crippen LogP contribution >= 0.6 is 0 Å². The minimum absolute atomic E-state index is 0.173. The summed E-state index contributed by atoms with van der Waals surface area (Å²) in [6, 6.07) is 3.66. The Kier molecular flexibility index (Phi) is 3.71. The number of nitrogens with zero attached hydrogens (tertiary/aromatic N) is 2. The monoisotopic (exact) mass is 262 g/mol. The van der Waals surface area contributed by atoms with E-state index in [9.17, 15) is 4.79 Å². The molecule has 0 aliphatic carbocycles. The van der Waals surface area contributed by atoms with Crippen molar-refractivity contribution in [3.63, 3.8) is 0 Å². The van der Waals surface area contributed by atoms with E-state index in [4.69, 9.17) is 10.5 Å². The number of methoxy groups -OCH3 is 1. The Morgan fingerprint density at radius 1 is 1.53 bits per heavy atom. The van der Waals surface area contributed by atoms with Crippen LogP contribution in [0.15, 0.2) is 23.3 Å². The zero-order valence-corrected chi connectivity index (χ0v) is 11.3. The number of fused-ring (bicyclic) bond motifs is 1. The first kappa shape index (κ1) is 13.4. The van der Waals surface area contributed by atoms with Crippen LogP contribution < -0.4 is 16.2 Å². The van der Waals surface area contributed by atoms with E-state index in [1.54, 1.807) is 13.2 Å². The van der Waals surface area contributed by atoms with Gasteiger partial charge in [0.05, 0.1) is 35.2 Å². The van der Waals surface area contributed by atoms with Crippen molar-refractivity contribution in [3.05, 3.63) is 28.8 Å².